The van der Waals surface area contributed by atoms with E-state index in [-0.39, 0.29) is 13.0 Å². The smallest absolute Gasteiger partial charge is 0.319 e. The zero-order valence-corrected chi connectivity index (χ0v) is 8.03. The van der Waals surface area contributed by atoms with Crippen molar-refractivity contribution in [3.63, 3.8) is 0 Å². The number of aliphatic hydroxyl groups excluding tert-OH is 1. The van der Waals surface area contributed by atoms with Crippen LogP contribution in [-0.2, 0) is 14.3 Å². The van der Waals surface area contributed by atoms with Gasteiger partial charge in [-0.3, -0.25) is 9.59 Å². The van der Waals surface area contributed by atoms with Gasteiger partial charge in [-0.1, -0.05) is 0 Å². The normalized spacial score (nSPS) is 14.7. The van der Waals surface area contributed by atoms with Crippen molar-refractivity contribution in [3.05, 3.63) is 0 Å². The number of rotatable bonds is 5. The van der Waals surface area contributed by atoms with E-state index < -0.39 is 23.3 Å². The van der Waals surface area contributed by atoms with Crippen molar-refractivity contribution in [1.29, 1.82) is 0 Å². The van der Waals surface area contributed by atoms with Crippen molar-refractivity contribution >= 4 is 24.6 Å². The van der Waals surface area contributed by atoms with Crippen molar-refractivity contribution in [1.82, 2.24) is 0 Å². The number of ether oxygens (including phenoxy) is 1. The Morgan fingerprint density at radius 2 is 2.08 bits per heavy atom. The average molecular weight is 208 g/mol. The number of carboxylic acids is 1. The van der Waals surface area contributed by atoms with E-state index in [1.807, 2.05) is 0 Å². The Labute approximate surface area is 81.1 Å². The van der Waals surface area contributed by atoms with Crippen molar-refractivity contribution in [2.24, 2.45) is 0 Å². The molecular formula is C7H12O5S. The predicted molar refractivity (Wildman–Crippen MR) is 47.7 cm³/mol. The zero-order valence-electron chi connectivity index (χ0n) is 7.14. The van der Waals surface area contributed by atoms with Crippen LogP contribution in [0.5, 0.6) is 0 Å². The first kappa shape index (κ1) is 12.2. The number of carbonyl (C=O) groups excluding carboxylic acids is 1. The van der Waals surface area contributed by atoms with Gasteiger partial charge in [0.2, 0.25) is 0 Å². The fourth-order valence-corrected chi connectivity index (χ4v) is 0.780. The second kappa shape index (κ2) is 5.82. The van der Waals surface area contributed by atoms with Gasteiger partial charge < -0.3 is 14.9 Å². The Morgan fingerprint density at radius 3 is 2.46 bits per heavy atom. The van der Waals surface area contributed by atoms with Crippen LogP contribution in [0.15, 0.2) is 0 Å². The number of hydrogen-bond donors (Lipinski definition) is 3. The van der Waals surface area contributed by atoms with E-state index >= 15 is 0 Å². The molecular weight excluding hydrogens is 196 g/mol. The van der Waals surface area contributed by atoms with Gasteiger partial charge in [-0.25, -0.2) is 0 Å². The van der Waals surface area contributed by atoms with Crippen molar-refractivity contribution in [2.45, 2.75) is 24.7 Å². The number of carboxylic acid groups (broad SMARTS) is 1. The molecule has 0 fully saturated rings. The maximum atomic E-state index is 11.0. The molecule has 0 heterocycles. The summed E-state index contributed by atoms with van der Waals surface area (Å²) in [5.74, 6) is -1.85. The third kappa shape index (κ3) is 5.48. The highest BCUT2D eigenvalue weighted by Gasteiger charge is 2.20. The fourth-order valence-electron chi connectivity index (χ4n) is 0.563. The number of carbonyl (C=O) groups is 2. The first-order chi connectivity index (χ1) is 5.97. The zero-order chi connectivity index (χ0) is 10.4. The first-order valence-corrected chi connectivity index (χ1v) is 4.20. The van der Waals surface area contributed by atoms with E-state index in [0.717, 1.165) is 0 Å². The topological polar surface area (TPSA) is 83.8 Å². The van der Waals surface area contributed by atoms with Gasteiger partial charge in [0.25, 0.3) is 0 Å². The molecule has 5 nitrogen and oxygen atoms in total. The summed E-state index contributed by atoms with van der Waals surface area (Å²) < 4.78 is 4.63. The average Bonchev–Trinajstić information content (AvgIpc) is 2.02. The summed E-state index contributed by atoms with van der Waals surface area (Å²) in [7, 11) is 0. The summed E-state index contributed by atoms with van der Waals surface area (Å²) in [4.78, 5) is 21.1. The Balaban J connectivity index is 3.89. The Hall–Kier alpha value is -0.750. The highest BCUT2D eigenvalue weighted by molar-refractivity contribution is 7.81. The Bertz CT molecular complexity index is 193. The molecule has 0 saturated carbocycles. The summed E-state index contributed by atoms with van der Waals surface area (Å²) in [6.07, 6.45) is -1.02. The van der Waals surface area contributed by atoms with Gasteiger partial charge in [0.15, 0.2) is 0 Å². The van der Waals surface area contributed by atoms with Crippen LogP contribution < -0.4 is 0 Å². The molecule has 0 aromatic rings. The third-order valence-electron chi connectivity index (χ3n) is 1.21. The highest BCUT2D eigenvalue weighted by atomic mass is 32.1. The second-order valence-corrected chi connectivity index (χ2v) is 3.17. The van der Waals surface area contributed by atoms with Gasteiger partial charge in [0.1, 0.15) is 11.4 Å². The van der Waals surface area contributed by atoms with Crippen LogP contribution in [0, 0.1) is 0 Å². The van der Waals surface area contributed by atoms with E-state index in [4.69, 9.17) is 10.2 Å². The summed E-state index contributed by atoms with van der Waals surface area (Å²) >= 11 is 3.74. The summed E-state index contributed by atoms with van der Waals surface area (Å²) in [5, 5.41) is 15.9. The first-order valence-electron chi connectivity index (χ1n) is 3.68. The SMILES string of the molecule is CC(CO)OC(=O)C(S)CC(=O)O. The van der Waals surface area contributed by atoms with Crippen molar-refractivity contribution in [3.8, 4) is 0 Å². The molecule has 0 radical (unpaired) electrons. The predicted octanol–water partition coefficient (Wildman–Crippen LogP) is -0.317. The van der Waals surface area contributed by atoms with Crippen LogP contribution in [0.4, 0.5) is 0 Å². The molecule has 2 unspecified atom stereocenters. The quantitative estimate of drug-likeness (QED) is 0.426. The van der Waals surface area contributed by atoms with Crippen LogP contribution >= 0.6 is 12.6 Å². The number of thiol groups is 1. The van der Waals surface area contributed by atoms with E-state index in [9.17, 15) is 9.59 Å². The molecule has 0 aliphatic rings. The van der Waals surface area contributed by atoms with Gasteiger partial charge in [0.05, 0.1) is 13.0 Å². The maximum absolute atomic E-state index is 11.0. The summed E-state index contributed by atoms with van der Waals surface area (Å²) in [5.41, 5.74) is 0. The summed E-state index contributed by atoms with van der Waals surface area (Å²) in [6, 6.07) is 0. The minimum absolute atomic E-state index is 0.292. The molecule has 0 aromatic carbocycles. The molecule has 0 bridgehead atoms. The van der Waals surface area contributed by atoms with Gasteiger partial charge >= 0.3 is 11.9 Å². The van der Waals surface area contributed by atoms with E-state index in [1.165, 1.54) is 6.92 Å². The lowest BCUT2D eigenvalue weighted by Crippen LogP contribution is -2.26. The van der Waals surface area contributed by atoms with Crippen molar-refractivity contribution < 1.29 is 24.5 Å². The number of hydrogen-bond acceptors (Lipinski definition) is 5. The fraction of sp³-hybridized carbons (Fsp3) is 0.714. The molecule has 0 rings (SSSR count). The highest BCUT2D eigenvalue weighted by Crippen LogP contribution is 2.05. The molecule has 76 valence electrons. The standard InChI is InChI=1S/C7H12O5S/c1-4(3-8)12-7(11)5(13)2-6(9)10/h4-5,8,13H,2-3H2,1H3,(H,9,10). The lowest BCUT2D eigenvalue weighted by Gasteiger charge is -2.12. The molecule has 0 spiro atoms. The van der Waals surface area contributed by atoms with Crippen LogP contribution in [0.25, 0.3) is 0 Å². The van der Waals surface area contributed by atoms with Gasteiger partial charge in [-0.2, -0.15) is 12.6 Å². The Kier molecular flexibility index (Phi) is 5.48. The molecule has 0 aliphatic heterocycles. The van der Waals surface area contributed by atoms with Gasteiger partial charge in [-0.15, -0.1) is 0 Å². The van der Waals surface area contributed by atoms with Crippen LogP contribution in [0.1, 0.15) is 13.3 Å². The molecule has 0 saturated heterocycles. The molecule has 6 heteroatoms. The number of esters is 1. The maximum Gasteiger partial charge on any atom is 0.319 e. The molecule has 0 aromatic heterocycles. The minimum Gasteiger partial charge on any atom is -0.481 e. The van der Waals surface area contributed by atoms with Crippen LogP contribution in [0.3, 0.4) is 0 Å². The second-order valence-electron chi connectivity index (χ2n) is 2.54. The van der Waals surface area contributed by atoms with E-state index in [0.29, 0.717) is 0 Å². The molecule has 13 heavy (non-hydrogen) atoms. The third-order valence-corrected chi connectivity index (χ3v) is 1.61. The Morgan fingerprint density at radius 1 is 1.54 bits per heavy atom. The van der Waals surface area contributed by atoms with E-state index in [1.54, 1.807) is 0 Å². The monoisotopic (exact) mass is 208 g/mol. The van der Waals surface area contributed by atoms with Crippen molar-refractivity contribution in [2.75, 3.05) is 6.61 Å². The lowest BCUT2D eigenvalue weighted by molar-refractivity contribution is -0.152. The van der Waals surface area contributed by atoms with Crippen LogP contribution in [-0.4, -0.2) is 40.1 Å². The molecule has 0 amide bonds. The van der Waals surface area contributed by atoms with E-state index in [2.05, 4.69) is 17.4 Å². The van der Waals surface area contributed by atoms with Gasteiger partial charge in [-0.05, 0) is 6.92 Å². The van der Waals surface area contributed by atoms with Gasteiger partial charge in [0, 0.05) is 0 Å². The number of aliphatic carboxylic acids is 1. The minimum atomic E-state index is -1.12. The molecule has 2 N–H and O–H groups in total. The lowest BCUT2D eigenvalue weighted by atomic mass is 10.3. The molecule has 0 aliphatic carbocycles. The largest absolute Gasteiger partial charge is 0.481 e. The number of aliphatic hydroxyl groups is 1. The summed E-state index contributed by atoms with van der Waals surface area (Å²) in [6.45, 7) is 1.21. The molecule has 2 atom stereocenters. The van der Waals surface area contributed by atoms with Crippen LogP contribution in [0.2, 0.25) is 0 Å².